The first kappa shape index (κ1) is 18.5. The summed E-state index contributed by atoms with van der Waals surface area (Å²) in [6, 6.07) is 4.24. The van der Waals surface area contributed by atoms with Crippen molar-refractivity contribution in [2.75, 3.05) is 13.2 Å². The first-order valence-electron chi connectivity index (χ1n) is 8.12. The highest BCUT2D eigenvalue weighted by molar-refractivity contribution is 6.32. The van der Waals surface area contributed by atoms with Crippen LogP contribution < -0.4 is 5.32 Å². The summed E-state index contributed by atoms with van der Waals surface area (Å²) < 4.78 is 18.4. The van der Waals surface area contributed by atoms with E-state index in [0.717, 1.165) is 18.9 Å². The van der Waals surface area contributed by atoms with Gasteiger partial charge in [0, 0.05) is 18.2 Å². The quantitative estimate of drug-likeness (QED) is 0.626. The molecule has 0 radical (unpaired) electrons. The molecule has 2 rings (SSSR count). The topological polar surface area (TPSA) is 55.4 Å². The van der Waals surface area contributed by atoms with E-state index in [1.54, 1.807) is 0 Å². The standard InChI is InChI=1S/C18H21ClFNO3/c19-15-7-4-8-16(20)14(15)9-10-18(23)24-12-17(22)21-11-13-5-2-1-3-6-13/h4,7-10,13H,1-3,5-6,11-12H2,(H,21,22)/b10-9+. The van der Waals surface area contributed by atoms with Gasteiger partial charge in [-0.25, -0.2) is 9.18 Å². The zero-order chi connectivity index (χ0) is 17.4. The van der Waals surface area contributed by atoms with Crippen LogP contribution >= 0.6 is 11.6 Å². The molecular weight excluding hydrogens is 333 g/mol. The number of amides is 1. The lowest BCUT2D eigenvalue weighted by molar-refractivity contribution is -0.143. The molecule has 1 aromatic rings. The molecule has 1 aliphatic carbocycles. The van der Waals surface area contributed by atoms with Gasteiger partial charge in [0.2, 0.25) is 0 Å². The predicted molar refractivity (Wildman–Crippen MR) is 91.0 cm³/mol. The lowest BCUT2D eigenvalue weighted by Crippen LogP contribution is -2.33. The molecule has 1 amide bonds. The summed E-state index contributed by atoms with van der Waals surface area (Å²) in [5.41, 5.74) is 0.109. The molecule has 1 fully saturated rings. The summed E-state index contributed by atoms with van der Waals surface area (Å²) in [4.78, 5) is 23.3. The average Bonchev–Trinajstić information content (AvgIpc) is 2.58. The SMILES string of the molecule is O=C(COC(=O)/C=C/c1c(F)cccc1Cl)NCC1CCCCC1. The van der Waals surface area contributed by atoms with Crippen molar-refractivity contribution in [2.24, 2.45) is 5.92 Å². The molecule has 0 spiro atoms. The second-order valence-electron chi connectivity index (χ2n) is 5.88. The number of ether oxygens (including phenoxy) is 1. The zero-order valence-electron chi connectivity index (χ0n) is 13.4. The van der Waals surface area contributed by atoms with Crippen LogP contribution in [0, 0.1) is 11.7 Å². The summed E-state index contributed by atoms with van der Waals surface area (Å²) in [5.74, 6) is -1.06. The molecule has 0 aliphatic heterocycles. The average molecular weight is 354 g/mol. The number of hydrogen-bond donors (Lipinski definition) is 1. The van der Waals surface area contributed by atoms with Crippen molar-refractivity contribution in [3.8, 4) is 0 Å². The molecule has 1 N–H and O–H groups in total. The van der Waals surface area contributed by atoms with E-state index < -0.39 is 11.8 Å². The largest absolute Gasteiger partial charge is 0.452 e. The van der Waals surface area contributed by atoms with Gasteiger partial charge in [-0.1, -0.05) is 36.9 Å². The van der Waals surface area contributed by atoms with Crippen LogP contribution in [0.15, 0.2) is 24.3 Å². The van der Waals surface area contributed by atoms with Crippen molar-refractivity contribution < 1.29 is 18.7 Å². The van der Waals surface area contributed by atoms with E-state index in [9.17, 15) is 14.0 Å². The highest BCUT2D eigenvalue weighted by Crippen LogP contribution is 2.22. The summed E-state index contributed by atoms with van der Waals surface area (Å²) in [6.45, 7) is 0.276. The minimum absolute atomic E-state index is 0.109. The third-order valence-electron chi connectivity index (χ3n) is 4.04. The highest BCUT2D eigenvalue weighted by atomic mass is 35.5. The van der Waals surface area contributed by atoms with Gasteiger partial charge < -0.3 is 10.1 Å². The van der Waals surface area contributed by atoms with Crippen LogP contribution in [0.2, 0.25) is 5.02 Å². The van der Waals surface area contributed by atoms with Crippen LogP contribution in [0.1, 0.15) is 37.7 Å². The van der Waals surface area contributed by atoms with Crippen LogP contribution in [-0.2, 0) is 14.3 Å². The lowest BCUT2D eigenvalue weighted by atomic mass is 9.89. The smallest absolute Gasteiger partial charge is 0.331 e. The Morgan fingerprint density at radius 2 is 2.04 bits per heavy atom. The maximum atomic E-state index is 13.5. The molecule has 130 valence electrons. The third-order valence-corrected chi connectivity index (χ3v) is 4.37. The van der Waals surface area contributed by atoms with Crippen molar-refractivity contribution in [2.45, 2.75) is 32.1 Å². The first-order chi connectivity index (χ1) is 11.6. The number of benzene rings is 1. The van der Waals surface area contributed by atoms with Gasteiger partial charge in [0.25, 0.3) is 5.91 Å². The monoisotopic (exact) mass is 353 g/mol. The fraction of sp³-hybridized carbons (Fsp3) is 0.444. The van der Waals surface area contributed by atoms with Gasteiger partial charge in [0.15, 0.2) is 6.61 Å². The van der Waals surface area contributed by atoms with Crippen molar-refractivity contribution >= 4 is 29.6 Å². The Morgan fingerprint density at radius 3 is 2.75 bits per heavy atom. The zero-order valence-corrected chi connectivity index (χ0v) is 14.2. The molecule has 0 aromatic heterocycles. The van der Waals surface area contributed by atoms with Gasteiger partial charge >= 0.3 is 5.97 Å². The fourth-order valence-electron chi connectivity index (χ4n) is 2.71. The second kappa shape index (κ2) is 9.42. The molecular formula is C18H21ClFNO3. The van der Waals surface area contributed by atoms with Crippen LogP contribution in [-0.4, -0.2) is 25.0 Å². The van der Waals surface area contributed by atoms with E-state index in [1.807, 2.05) is 0 Å². The first-order valence-corrected chi connectivity index (χ1v) is 8.49. The van der Waals surface area contributed by atoms with Gasteiger partial charge in [0.05, 0.1) is 5.02 Å². The Kier molecular flexibility index (Phi) is 7.25. The maximum absolute atomic E-state index is 13.5. The number of halogens is 2. The molecule has 4 nitrogen and oxygen atoms in total. The molecule has 0 bridgehead atoms. The van der Waals surface area contributed by atoms with Crippen LogP contribution in [0.3, 0.4) is 0 Å². The molecule has 0 unspecified atom stereocenters. The van der Waals surface area contributed by atoms with Crippen LogP contribution in [0.4, 0.5) is 4.39 Å². The van der Waals surface area contributed by atoms with Gasteiger partial charge in [-0.05, 0) is 37.0 Å². The Hall–Kier alpha value is -1.88. The molecule has 1 saturated carbocycles. The number of carbonyl (C=O) groups is 2. The predicted octanol–water partition coefficient (Wildman–Crippen LogP) is 3.73. The van der Waals surface area contributed by atoms with E-state index in [-0.39, 0.29) is 23.1 Å². The number of rotatable bonds is 6. The molecule has 1 aliphatic rings. The highest BCUT2D eigenvalue weighted by Gasteiger charge is 2.14. The Balaban J connectivity index is 1.72. The lowest BCUT2D eigenvalue weighted by Gasteiger charge is -2.21. The number of esters is 1. The maximum Gasteiger partial charge on any atom is 0.331 e. The van der Waals surface area contributed by atoms with E-state index >= 15 is 0 Å². The minimum atomic E-state index is -0.720. The number of hydrogen-bond acceptors (Lipinski definition) is 3. The second-order valence-corrected chi connectivity index (χ2v) is 6.29. The molecule has 1 aromatic carbocycles. The number of carbonyl (C=O) groups excluding carboxylic acids is 2. The molecule has 0 saturated heterocycles. The van der Waals surface area contributed by atoms with Gasteiger partial charge in [-0.3, -0.25) is 4.79 Å². The Bertz CT molecular complexity index is 592. The van der Waals surface area contributed by atoms with Crippen molar-refractivity contribution in [3.63, 3.8) is 0 Å². The van der Waals surface area contributed by atoms with E-state index in [1.165, 1.54) is 43.5 Å². The minimum Gasteiger partial charge on any atom is -0.452 e. The summed E-state index contributed by atoms with van der Waals surface area (Å²) >= 11 is 5.85. The van der Waals surface area contributed by atoms with Gasteiger partial charge in [-0.15, -0.1) is 0 Å². The Labute approximate surface area is 146 Å². The molecule has 0 heterocycles. The summed E-state index contributed by atoms with van der Waals surface area (Å²) in [5, 5.41) is 2.98. The fourth-order valence-corrected chi connectivity index (χ4v) is 2.93. The molecule has 24 heavy (non-hydrogen) atoms. The van der Waals surface area contributed by atoms with E-state index in [2.05, 4.69) is 5.32 Å². The van der Waals surface area contributed by atoms with Gasteiger partial charge in [0.1, 0.15) is 5.82 Å². The molecule has 0 atom stereocenters. The van der Waals surface area contributed by atoms with Crippen LogP contribution in [0.5, 0.6) is 0 Å². The van der Waals surface area contributed by atoms with Gasteiger partial charge in [-0.2, -0.15) is 0 Å². The van der Waals surface area contributed by atoms with Crippen molar-refractivity contribution in [1.82, 2.24) is 5.32 Å². The van der Waals surface area contributed by atoms with Crippen molar-refractivity contribution in [3.05, 3.63) is 40.7 Å². The molecule has 6 heteroatoms. The summed E-state index contributed by atoms with van der Waals surface area (Å²) in [7, 11) is 0. The summed E-state index contributed by atoms with van der Waals surface area (Å²) in [6.07, 6.45) is 8.23. The van der Waals surface area contributed by atoms with Crippen LogP contribution in [0.25, 0.3) is 6.08 Å². The normalized spacial score (nSPS) is 15.4. The van der Waals surface area contributed by atoms with E-state index in [0.29, 0.717) is 12.5 Å². The third kappa shape index (κ3) is 5.96. The van der Waals surface area contributed by atoms with E-state index in [4.69, 9.17) is 16.3 Å². The Morgan fingerprint density at radius 1 is 1.29 bits per heavy atom. The number of nitrogens with one attached hydrogen (secondary N) is 1. The van der Waals surface area contributed by atoms with Crippen molar-refractivity contribution in [1.29, 1.82) is 0 Å².